The van der Waals surface area contributed by atoms with Crippen LogP contribution in [0, 0.1) is 5.82 Å². The number of nitrogens with one attached hydrogen (secondary N) is 1. The van der Waals surface area contributed by atoms with Crippen LogP contribution in [0.2, 0.25) is 5.02 Å². The topological polar surface area (TPSA) is 60.5 Å². The molecule has 30 heavy (non-hydrogen) atoms. The van der Waals surface area contributed by atoms with Crippen LogP contribution in [-0.4, -0.2) is 24.8 Å². The molecule has 0 spiro atoms. The lowest BCUT2D eigenvalue weighted by Crippen LogP contribution is -2.24. The number of benzene rings is 2. The van der Waals surface area contributed by atoms with Gasteiger partial charge < -0.3 is 14.8 Å². The molecule has 0 saturated heterocycles. The molecule has 0 atom stereocenters. The van der Waals surface area contributed by atoms with Crippen LogP contribution in [0.15, 0.2) is 54.7 Å². The summed E-state index contributed by atoms with van der Waals surface area (Å²) in [5.74, 6) is 0.0849. The average Bonchev–Trinajstić information content (AvgIpc) is 2.74. The van der Waals surface area contributed by atoms with E-state index in [4.69, 9.17) is 21.1 Å². The molecule has 156 valence electrons. The zero-order valence-corrected chi connectivity index (χ0v) is 17.5. The van der Waals surface area contributed by atoms with Crippen molar-refractivity contribution < 1.29 is 18.7 Å². The van der Waals surface area contributed by atoms with Crippen LogP contribution in [0.5, 0.6) is 5.75 Å². The summed E-state index contributed by atoms with van der Waals surface area (Å²) in [5, 5.41) is 3.14. The van der Waals surface area contributed by atoms with E-state index in [1.54, 1.807) is 55.6 Å². The van der Waals surface area contributed by atoms with Gasteiger partial charge in [0.15, 0.2) is 0 Å². The molecule has 0 aliphatic rings. The maximum atomic E-state index is 15.4. The number of hydrogen-bond acceptors (Lipinski definition) is 4. The Balaban J connectivity index is 1.80. The Labute approximate surface area is 179 Å². The number of ether oxygens (including phenoxy) is 2. The molecule has 3 rings (SSSR count). The highest BCUT2D eigenvalue weighted by Gasteiger charge is 2.17. The summed E-state index contributed by atoms with van der Waals surface area (Å²) in [7, 11) is 1.51. The number of alkyl carbamates (subject to hydrolysis) is 1. The molecule has 0 aliphatic heterocycles. The first kappa shape index (κ1) is 21.6. The highest BCUT2D eigenvalue weighted by Crippen LogP contribution is 2.36. The third-order valence-corrected chi connectivity index (χ3v) is 4.72. The van der Waals surface area contributed by atoms with Crippen molar-refractivity contribution in [3.05, 3.63) is 82.4 Å². The fourth-order valence-corrected chi connectivity index (χ4v) is 3.24. The van der Waals surface area contributed by atoms with E-state index in [1.165, 1.54) is 7.11 Å². The first-order chi connectivity index (χ1) is 14.5. The number of pyridine rings is 1. The molecule has 1 N–H and O–H groups in total. The molecule has 0 saturated carbocycles. The van der Waals surface area contributed by atoms with Gasteiger partial charge in [0.25, 0.3) is 0 Å². The summed E-state index contributed by atoms with van der Waals surface area (Å²) in [4.78, 5) is 15.7. The third-order valence-electron chi connectivity index (χ3n) is 4.49. The summed E-state index contributed by atoms with van der Waals surface area (Å²) in [6.07, 6.45) is 1.55. The second kappa shape index (κ2) is 10.1. The molecule has 0 unspecified atom stereocenters. The predicted octanol–water partition coefficient (Wildman–Crippen LogP) is 5.39. The van der Waals surface area contributed by atoms with Gasteiger partial charge in [-0.15, -0.1) is 0 Å². The Morgan fingerprint density at radius 2 is 2.03 bits per heavy atom. The highest BCUT2D eigenvalue weighted by molar-refractivity contribution is 6.30. The maximum Gasteiger partial charge on any atom is 0.407 e. The van der Waals surface area contributed by atoms with Crippen molar-refractivity contribution in [3.63, 3.8) is 0 Å². The molecular formula is C23H22ClFN2O3. The second-order valence-electron chi connectivity index (χ2n) is 6.53. The van der Waals surface area contributed by atoms with E-state index in [0.29, 0.717) is 46.2 Å². The number of halogens is 2. The van der Waals surface area contributed by atoms with Crippen molar-refractivity contribution in [2.24, 2.45) is 0 Å². The van der Waals surface area contributed by atoms with Gasteiger partial charge in [-0.1, -0.05) is 35.9 Å². The van der Waals surface area contributed by atoms with Crippen LogP contribution in [-0.2, 0) is 17.7 Å². The van der Waals surface area contributed by atoms with Crippen LogP contribution in [0.25, 0.3) is 11.1 Å². The van der Waals surface area contributed by atoms with Gasteiger partial charge in [-0.2, -0.15) is 0 Å². The summed E-state index contributed by atoms with van der Waals surface area (Å²) in [6.45, 7) is 2.31. The zero-order chi connectivity index (χ0) is 21.5. The molecule has 1 heterocycles. The van der Waals surface area contributed by atoms with E-state index in [2.05, 4.69) is 10.3 Å². The van der Waals surface area contributed by atoms with E-state index in [0.717, 1.165) is 5.56 Å². The molecule has 7 heteroatoms. The van der Waals surface area contributed by atoms with Crippen LogP contribution in [0.4, 0.5) is 9.18 Å². The van der Waals surface area contributed by atoms with Gasteiger partial charge in [0.2, 0.25) is 0 Å². The van der Waals surface area contributed by atoms with Crippen molar-refractivity contribution in [1.82, 2.24) is 10.3 Å². The van der Waals surface area contributed by atoms with E-state index in [9.17, 15) is 4.79 Å². The Bertz CT molecular complexity index is 1030. The molecule has 3 aromatic rings. The average molecular weight is 429 g/mol. The standard InChI is InChI=1S/C23H22ClFN2O3/c1-3-30-23(28)27-14-19-9-7-15(13-26-19)11-17-8-10-20(29-2)21(22(17)25)16-5-4-6-18(24)12-16/h4-10,12-13H,3,11,14H2,1-2H3,(H,27,28). The van der Waals surface area contributed by atoms with Crippen LogP contribution >= 0.6 is 11.6 Å². The number of carbonyl (C=O) groups is 1. The summed E-state index contributed by atoms with van der Waals surface area (Å²) >= 11 is 6.08. The first-order valence-corrected chi connectivity index (χ1v) is 9.85. The number of hydrogen-bond donors (Lipinski definition) is 1. The molecule has 1 amide bonds. The SMILES string of the molecule is CCOC(=O)NCc1ccc(Cc2ccc(OC)c(-c3cccc(Cl)c3)c2F)cn1. The molecule has 0 fully saturated rings. The minimum absolute atomic E-state index is 0.259. The number of rotatable bonds is 7. The lowest BCUT2D eigenvalue weighted by atomic mass is 9.97. The smallest absolute Gasteiger partial charge is 0.407 e. The van der Waals surface area contributed by atoms with Crippen LogP contribution in [0.3, 0.4) is 0 Å². The maximum absolute atomic E-state index is 15.4. The van der Waals surface area contributed by atoms with Crippen molar-refractivity contribution in [2.45, 2.75) is 19.9 Å². The Hall–Kier alpha value is -3.12. The molecule has 1 aromatic heterocycles. The van der Waals surface area contributed by atoms with Crippen molar-refractivity contribution >= 4 is 17.7 Å². The number of carbonyl (C=O) groups excluding carboxylic acids is 1. The second-order valence-corrected chi connectivity index (χ2v) is 6.97. The van der Waals surface area contributed by atoms with Crippen LogP contribution in [0.1, 0.15) is 23.7 Å². The van der Waals surface area contributed by atoms with Gasteiger partial charge in [-0.3, -0.25) is 4.98 Å². The lowest BCUT2D eigenvalue weighted by Gasteiger charge is -2.14. The fraction of sp³-hybridized carbons (Fsp3) is 0.217. The predicted molar refractivity (Wildman–Crippen MR) is 114 cm³/mol. The third kappa shape index (κ3) is 5.27. The summed E-state index contributed by atoms with van der Waals surface area (Å²) in [6, 6.07) is 14.1. The molecule has 0 radical (unpaired) electrons. The molecule has 0 aliphatic carbocycles. The number of aromatic nitrogens is 1. The van der Waals surface area contributed by atoms with E-state index in [1.807, 2.05) is 6.07 Å². The van der Waals surface area contributed by atoms with Gasteiger partial charge in [-0.25, -0.2) is 9.18 Å². The van der Waals surface area contributed by atoms with Crippen LogP contribution < -0.4 is 10.1 Å². The Kier molecular flexibility index (Phi) is 7.25. The minimum Gasteiger partial charge on any atom is -0.496 e. The van der Waals surface area contributed by atoms with E-state index < -0.39 is 6.09 Å². The minimum atomic E-state index is -0.489. The first-order valence-electron chi connectivity index (χ1n) is 9.47. The summed E-state index contributed by atoms with van der Waals surface area (Å²) in [5.41, 5.74) is 3.07. The van der Waals surface area contributed by atoms with Gasteiger partial charge in [0.05, 0.1) is 31.5 Å². The number of methoxy groups -OCH3 is 1. The number of nitrogens with zero attached hydrogens (tertiary/aromatic N) is 1. The molecular weight excluding hydrogens is 407 g/mol. The quantitative estimate of drug-likeness (QED) is 0.548. The molecule has 5 nitrogen and oxygen atoms in total. The van der Waals surface area contributed by atoms with E-state index in [-0.39, 0.29) is 12.4 Å². The van der Waals surface area contributed by atoms with Gasteiger partial charge >= 0.3 is 6.09 Å². The molecule has 0 bridgehead atoms. The van der Waals surface area contributed by atoms with Crippen molar-refractivity contribution in [1.29, 1.82) is 0 Å². The van der Waals surface area contributed by atoms with Crippen molar-refractivity contribution in [2.75, 3.05) is 13.7 Å². The van der Waals surface area contributed by atoms with Crippen molar-refractivity contribution in [3.8, 4) is 16.9 Å². The van der Waals surface area contributed by atoms with Gasteiger partial charge in [0, 0.05) is 17.6 Å². The van der Waals surface area contributed by atoms with Gasteiger partial charge in [0.1, 0.15) is 11.6 Å². The zero-order valence-electron chi connectivity index (χ0n) is 16.7. The van der Waals surface area contributed by atoms with Gasteiger partial charge in [-0.05, 0) is 47.9 Å². The highest BCUT2D eigenvalue weighted by atomic mass is 35.5. The molecule has 2 aromatic carbocycles. The lowest BCUT2D eigenvalue weighted by molar-refractivity contribution is 0.151. The Morgan fingerprint density at radius 1 is 1.20 bits per heavy atom. The monoisotopic (exact) mass is 428 g/mol. The number of amides is 1. The fourth-order valence-electron chi connectivity index (χ4n) is 3.05. The normalized spacial score (nSPS) is 10.5. The largest absolute Gasteiger partial charge is 0.496 e. The Morgan fingerprint density at radius 3 is 2.70 bits per heavy atom. The summed E-state index contributed by atoms with van der Waals surface area (Å²) < 4.78 is 25.6. The van der Waals surface area contributed by atoms with E-state index >= 15 is 4.39 Å².